The summed E-state index contributed by atoms with van der Waals surface area (Å²) in [6.07, 6.45) is -2.83. The fourth-order valence-electron chi connectivity index (χ4n) is 1.66. The predicted molar refractivity (Wildman–Crippen MR) is 46.9 cm³/mol. The lowest BCUT2D eigenvalue weighted by molar-refractivity contribution is -0.151. The number of alkyl halides is 3. The van der Waals surface area contributed by atoms with Gasteiger partial charge in [0.25, 0.3) is 0 Å². The van der Waals surface area contributed by atoms with Crippen LogP contribution in [0.4, 0.5) is 13.2 Å². The van der Waals surface area contributed by atoms with Gasteiger partial charge in [-0.2, -0.15) is 13.2 Å². The molecule has 1 rings (SSSR count). The zero-order valence-electron chi connectivity index (χ0n) is 8.27. The third-order valence-corrected chi connectivity index (χ3v) is 2.85. The van der Waals surface area contributed by atoms with Gasteiger partial charge in [0, 0.05) is 6.61 Å². The third-order valence-electron chi connectivity index (χ3n) is 2.85. The van der Waals surface area contributed by atoms with Crippen molar-refractivity contribution >= 4 is 0 Å². The van der Waals surface area contributed by atoms with Gasteiger partial charge in [0.2, 0.25) is 0 Å². The van der Waals surface area contributed by atoms with E-state index in [1.54, 1.807) is 0 Å². The summed E-state index contributed by atoms with van der Waals surface area (Å²) < 4.78 is 36.1. The molecule has 0 bridgehead atoms. The maximum absolute atomic E-state index is 12.0. The molecule has 2 nitrogen and oxygen atoms in total. The van der Waals surface area contributed by atoms with Crippen molar-refractivity contribution in [2.24, 2.45) is 5.41 Å². The van der Waals surface area contributed by atoms with E-state index in [0.29, 0.717) is 25.9 Å². The second kappa shape index (κ2) is 4.06. The quantitative estimate of drug-likeness (QED) is 0.750. The summed E-state index contributed by atoms with van der Waals surface area (Å²) in [5.41, 5.74) is -0.178. The maximum Gasteiger partial charge on any atom is 0.401 e. The Balaban J connectivity index is 2.36. The van der Waals surface area contributed by atoms with Gasteiger partial charge in [-0.25, -0.2) is 0 Å². The molecule has 0 aromatic carbocycles. The molecule has 1 aliphatic rings. The second-order valence-corrected chi connectivity index (χ2v) is 4.36. The van der Waals surface area contributed by atoms with Crippen LogP contribution in [-0.2, 0) is 0 Å². The van der Waals surface area contributed by atoms with Gasteiger partial charge in [-0.1, -0.05) is 6.92 Å². The van der Waals surface area contributed by atoms with Crippen LogP contribution in [0, 0.1) is 5.41 Å². The number of rotatable bonds is 2. The predicted octanol–water partition coefficient (Wildman–Crippen LogP) is 1.64. The first-order valence-electron chi connectivity index (χ1n) is 4.75. The summed E-state index contributed by atoms with van der Waals surface area (Å²) >= 11 is 0. The molecule has 0 aliphatic carbocycles. The number of aliphatic hydroxyl groups excluding tert-OH is 1. The molecule has 0 aromatic heterocycles. The van der Waals surface area contributed by atoms with Crippen molar-refractivity contribution in [3.05, 3.63) is 0 Å². The van der Waals surface area contributed by atoms with Gasteiger partial charge in [0.1, 0.15) is 0 Å². The van der Waals surface area contributed by atoms with Gasteiger partial charge < -0.3 is 5.11 Å². The number of piperidine rings is 1. The van der Waals surface area contributed by atoms with Crippen LogP contribution in [0.2, 0.25) is 0 Å². The summed E-state index contributed by atoms with van der Waals surface area (Å²) in [5, 5.41) is 9.03. The number of likely N-dealkylation sites (tertiary alicyclic amines) is 1. The number of nitrogens with zero attached hydrogens (tertiary/aromatic N) is 1. The summed E-state index contributed by atoms with van der Waals surface area (Å²) in [6.45, 7) is 2.01. The molecule has 5 heteroatoms. The van der Waals surface area contributed by atoms with E-state index < -0.39 is 12.7 Å². The van der Waals surface area contributed by atoms with Crippen LogP contribution >= 0.6 is 0 Å². The molecule has 84 valence electrons. The van der Waals surface area contributed by atoms with E-state index in [1.165, 1.54) is 4.90 Å². The van der Waals surface area contributed by atoms with E-state index in [1.807, 2.05) is 6.92 Å². The molecule has 0 spiro atoms. The van der Waals surface area contributed by atoms with Crippen LogP contribution < -0.4 is 0 Å². The molecule has 0 unspecified atom stereocenters. The van der Waals surface area contributed by atoms with Gasteiger partial charge in [-0.3, -0.25) is 4.90 Å². The van der Waals surface area contributed by atoms with Gasteiger partial charge in [-0.05, 0) is 31.3 Å². The van der Waals surface area contributed by atoms with Crippen molar-refractivity contribution in [1.29, 1.82) is 0 Å². The maximum atomic E-state index is 12.0. The third kappa shape index (κ3) is 3.46. The SMILES string of the molecule is CC1(CO)CCN(CC(F)(F)F)CC1. The number of hydrogen-bond acceptors (Lipinski definition) is 2. The van der Waals surface area contributed by atoms with Crippen molar-refractivity contribution < 1.29 is 18.3 Å². The van der Waals surface area contributed by atoms with Crippen molar-refractivity contribution in [2.45, 2.75) is 25.9 Å². The minimum absolute atomic E-state index is 0.0624. The topological polar surface area (TPSA) is 23.5 Å². The van der Waals surface area contributed by atoms with Crippen LogP contribution in [0.1, 0.15) is 19.8 Å². The van der Waals surface area contributed by atoms with E-state index in [9.17, 15) is 13.2 Å². The molecule has 1 heterocycles. The first-order valence-corrected chi connectivity index (χ1v) is 4.75. The Morgan fingerprint density at radius 3 is 2.14 bits per heavy atom. The lowest BCUT2D eigenvalue weighted by Crippen LogP contribution is -2.44. The van der Waals surface area contributed by atoms with Crippen LogP contribution in [0.25, 0.3) is 0 Å². The molecule has 1 aliphatic heterocycles. The molecule has 14 heavy (non-hydrogen) atoms. The summed E-state index contributed by atoms with van der Waals surface area (Å²) in [5.74, 6) is 0. The Morgan fingerprint density at radius 2 is 1.79 bits per heavy atom. The van der Waals surface area contributed by atoms with Gasteiger partial charge in [0.05, 0.1) is 6.54 Å². The molecule has 0 atom stereocenters. The smallest absolute Gasteiger partial charge is 0.396 e. The average Bonchev–Trinajstić information content (AvgIpc) is 2.07. The highest BCUT2D eigenvalue weighted by molar-refractivity contribution is 4.82. The molecular formula is C9H16F3NO. The van der Waals surface area contributed by atoms with Crippen LogP contribution in [0.15, 0.2) is 0 Å². The summed E-state index contributed by atoms with van der Waals surface area (Å²) in [7, 11) is 0. The fourth-order valence-corrected chi connectivity index (χ4v) is 1.66. The molecule has 1 N–H and O–H groups in total. The molecule has 1 saturated heterocycles. The summed E-state index contributed by atoms with van der Waals surface area (Å²) in [6, 6.07) is 0. The lowest BCUT2D eigenvalue weighted by Gasteiger charge is -2.38. The Kier molecular flexibility index (Phi) is 3.42. The van der Waals surface area contributed by atoms with Crippen LogP contribution in [0.5, 0.6) is 0 Å². The first-order chi connectivity index (χ1) is 6.35. The molecule has 0 amide bonds. The second-order valence-electron chi connectivity index (χ2n) is 4.36. The van der Waals surface area contributed by atoms with E-state index in [4.69, 9.17) is 5.11 Å². The molecule has 0 saturated carbocycles. The highest BCUT2D eigenvalue weighted by Gasteiger charge is 2.35. The zero-order valence-corrected chi connectivity index (χ0v) is 8.27. The molecular weight excluding hydrogens is 195 g/mol. The highest BCUT2D eigenvalue weighted by Crippen LogP contribution is 2.31. The molecule has 0 aromatic rings. The van der Waals surface area contributed by atoms with Crippen LogP contribution in [0.3, 0.4) is 0 Å². The zero-order chi connectivity index (χ0) is 10.8. The standard InChI is InChI=1S/C9H16F3NO/c1-8(7-14)2-4-13(5-3-8)6-9(10,11)12/h14H,2-7H2,1H3. The lowest BCUT2D eigenvalue weighted by atomic mass is 9.81. The normalized spacial score (nSPS) is 23.8. The average molecular weight is 211 g/mol. The Bertz CT molecular complexity index is 185. The summed E-state index contributed by atoms with van der Waals surface area (Å²) in [4.78, 5) is 1.40. The minimum Gasteiger partial charge on any atom is -0.396 e. The van der Waals surface area contributed by atoms with Crippen molar-refractivity contribution in [2.75, 3.05) is 26.2 Å². The van der Waals surface area contributed by atoms with Gasteiger partial charge in [0.15, 0.2) is 0 Å². The van der Waals surface area contributed by atoms with E-state index in [2.05, 4.69) is 0 Å². The monoisotopic (exact) mass is 211 g/mol. The highest BCUT2D eigenvalue weighted by atomic mass is 19.4. The largest absolute Gasteiger partial charge is 0.401 e. The first kappa shape index (κ1) is 11.8. The minimum atomic E-state index is -4.10. The van der Waals surface area contributed by atoms with Gasteiger partial charge >= 0.3 is 6.18 Å². The number of halogens is 3. The molecule has 0 radical (unpaired) electrons. The van der Waals surface area contributed by atoms with Crippen LogP contribution in [-0.4, -0.2) is 42.4 Å². The Hall–Kier alpha value is -0.290. The number of hydrogen-bond donors (Lipinski definition) is 1. The van der Waals surface area contributed by atoms with Crippen molar-refractivity contribution in [3.8, 4) is 0 Å². The van der Waals surface area contributed by atoms with Gasteiger partial charge in [-0.15, -0.1) is 0 Å². The Labute approximate surface area is 81.7 Å². The van der Waals surface area contributed by atoms with Crippen molar-refractivity contribution in [3.63, 3.8) is 0 Å². The van der Waals surface area contributed by atoms with E-state index in [-0.39, 0.29) is 12.0 Å². The number of aliphatic hydroxyl groups is 1. The van der Waals surface area contributed by atoms with Crippen molar-refractivity contribution in [1.82, 2.24) is 4.90 Å². The van der Waals surface area contributed by atoms with E-state index in [0.717, 1.165) is 0 Å². The van der Waals surface area contributed by atoms with E-state index >= 15 is 0 Å². The fraction of sp³-hybridized carbons (Fsp3) is 1.00. The molecule has 1 fully saturated rings. The Morgan fingerprint density at radius 1 is 1.29 bits per heavy atom.